The van der Waals surface area contributed by atoms with Crippen molar-refractivity contribution in [3.63, 3.8) is 0 Å². The number of piperidine rings is 2. The fourth-order valence-corrected chi connectivity index (χ4v) is 16.0. The number of pyridine rings is 3. The summed E-state index contributed by atoms with van der Waals surface area (Å²) in [6, 6.07) is 6.37. The maximum atomic E-state index is 10.4. The molecular weight excluding hydrogens is 1180 g/mol. The first-order valence-corrected chi connectivity index (χ1v) is 31.4. The number of nitrogens with zero attached hydrogens (tertiary/aromatic N) is 19. The summed E-state index contributed by atoms with van der Waals surface area (Å²) in [6.45, 7) is 6.23. The molecule has 83 heavy (non-hydrogen) atoms. The van der Waals surface area contributed by atoms with Crippen molar-refractivity contribution in [2.24, 2.45) is 0 Å². The predicted octanol–water partition coefficient (Wildman–Crippen LogP) is 7.29. The summed E-state index contributed by atoms with van der Waals surface area (Å²) in [5, 5.41) is 68.9. The van der Waals surface area contributed by atoms with Crippen molar-refractivity contribution in [1.82, 2.24) is 101 Å². The van der Waals surface area contributed by atoms with Crippen molar-refractivity contribution in [1.29, 1.82) is 0 Å². The van der Waals surface area contributed by atoms with Gasteiger partial charge in [-0.2, -0.15) is 15.3 Å². The first kappa shape index (κ1) is 54.4. The summed E-state index contributed by atoms with van der Waals surface area (Å²) >= 11 is 9.08. The Balaban J connectivity index is 0.000000117. The van der Waals surface area contributed by atoms with E-state index in [0.717, 1.165) is 127 Å². The molecule has 0 aliphatic carbocycles. The summed E-state index contributed by atoms with van der Waals surface area (Å²) in [5.41, 5.74) is 4.28. The fraction of sp³-hybridized carbons (Fsp3) is 0.333. The van der Waals surface area contributed by atoms with Gasteiger partial charge in [-0.1, -0.05) is 73.2 Å². The van der Waals surface area contributed by atoms with E-state index in [1.807, 2.05) is 0 Å². The third kappa shape index (κ3) is 11.5. The van der Waals surface area contributed by atoms with Gasteiger partial charge in [-0.05, 0) is 70.9 Å². The highest BCUT2D eigenvalue weighted by atomic mass is 32.1. The van der Waals surface area contributed by atoms with Crippen LogP contribution in [0.5, 0.6) is 17.2 Å². The quantitative estimate of drug-likeness (QED) is 0.0631. The Labute approximate surface area is 496 Å². The van der Waals surface area contributed by atoms with Gasteiger partial charge in [0.2, 0.25) is 0 Å². The van der Waals surface area contributed by atoms with Gasteiger partial charge in [0.25, 0.3) is 0 Å². The summed E-state index contributed by atoms with van der Waals surface area (Å²) < 4.78 is 1.54. The van der Waals surface area contributed by atoms with Crippen LogP contribution in [-0.2, 0) is 0 Å². The van der Waals surface area contributed by atoms with Crippen molar-refractivity contribution in [3.05, 3.63) is 74.0 Å². The number of rotatable bonds is 12. The van der Waals surface area contributed by atoms with Gasteiger partial charge in [0.1, 0.15) is 55.0 Å². The number of aromatic amines is 1. The summed E-state index contributed by atoms with van der Waals surface area (Å²) in [4.78, 5) is 54.8. The number of likely N-dealkylation sites (N-methyl/N-ethyl adjacent to an activating group) is 1. The number of hydrogen-bond donors (Lipinski definition) is 7. The normalized spacial score (nSPS) is 15.9. The second-order valence-electron chi connectivity index (χ2n) is 19.7. The van der Waals surface area contributed by atoms with E-state index in [2.05, 4.69) is 112 Å². The Morgan fingerprint density at radius 3 is 1.40 bits per heavy atom. The van der Waals surface area contributed by atoms with Crippen LogP contribution in [0.4, 0.5) is 15.4 Å². The van der Waals surface area contributed by atoms with Crippen LogP contribution < -0.4 is 30.7 Å². The maximum absolute atomic E-state index is 10.4. The van der Waals surface area contributed by atoms with Gasteiger partial charge >= 0.3 is 0 Å². The van der Waals surface area contributed by atoms with Crippen LogP contribution in [0, 0.1) is 0 Å². The third-order valence-electron chi connectivity index (χ3n) is 14.4. The lowest BCUT2D eigenvalue weighted by molar-refractivity contribution is 0.443. The maximum Gasteiger partial charge on any atom is 0.188 e. The molecule has 0 bridgehead atoms. The molecule has 15 heterocycles. The number of anilines is 3. The zero-order valence-electron chi connectivity index (χ0n) is 44.7. The molecule has 7 N–H and O–H groups in total. The van der Waals surface area contributed by atoms with Crippen molar-refractivity contribution >= 4 is 112 Å². The van der Waals surface area contributed by atoms with Gasteiger partial charge in [0.05, 0.1) is 49.1 Å². The Bertz CT molecular complexity index is 3850. The molecule has 0 aromatic carbocycles. The van der Waals surface area contributed by atoms with Crippen LogP contribution in [0.1, 0.15) is 32.1 Å². The van der Waals surface area contributed by atoms with E-state index in [1.54, 1.807) is 113 Å². The Morgan fingerprint density at radius 1 is 0.494 bits per heavy atom. The zero-order valence-corrected chi connectivity index (χ0v) is 49.6. The highest BCUT2D eigenvalue weighted by Crippen LogP contribution is 2.42. The Hall–Kier alpha value is -7.82. The van der Waals surface area contributed by atoms with Crippen LogP contribution >= 0.6 is 68.0 Å². The molecular formula is C51H53N23O3S6. The lowest BCUT2D eigenvalue weighted by Gasteiger charge is -2.31. The molecule has 0 saturated carbocycles. The number of aromatic hydroxyl groups is 3. The minimum Gasteiger partial charge on any atom is -0.506 e. The van der Waals surface area contributed by atoms with E-state index < -0.39 is 0 Å². The Morgan fingerprint density at radius 2 is 0.952 bits per heavy atom. The van der Waals surface area contributed by atoms with E-state index in [-0.39, 0.29) is 17.2 Å². The second kappa shape index (κ2) is 23.8. The zero-order chi connectivity index (χ0) is 56.6. The molecule has 426 valence electrons. The van der Waals surface area contributed by atoms with Gasteiger partial charge < -0.3 is 46.0 Å². The number of fused-ring (bicyclic) bond motifs is 3. The van der Waals surface area contributed by atoms with Gasteiger partial charge in [-0.25, -0.2) is 49.5 Å². The molecule has 12 aromatic heterocycles. The minimum absolute atomic E-state index is 0.0447. The standard InChI is InChI=1S/2C17H18N8OS2.C17H17N7OS2/c1-24(10-2-4-18-5-3-10)17-22-16-15(28-17)21-14(27-16)13-12(26)8-11(9-19-13)25-7-6-20-23-25;1-24(10-2-4-18-5-3-10)17-23-16-15(28-17)22-14(27-16)13-12(26)8-11(9-19-13)25-20-6-7-21-25;1-24(11-2-3-18-8-11)17-23-16-15(27-17)22-14(26-16)13-12(25)4-9(5-19-13)10-6-20-21-7-10/h2*6-10,18,26H,2-5H2,1H3;4-7,11,18,25H,2-3,8H2,1H3,(H,20,21). The third-order valence-corrected chi connectivity index (χ3v) is 20.8. The summed E-state index contributed by atoms with van der Waals surface area (Å²) in [7, 11) is 6.30. The summed E-state index contributed by atoms with van der Waals surface area (Å²) in [5.74, 6) is 0.203. The monoisotopic (exact) mass is 1230 g/mol. The molecule has 12 aromatic rings. The molecule has 3 fully saturated rings. The first-order chi connectivity index (χ1) is 40.6. The average molecular weight is 1230 g/mol. The second-order valence-corrected chi connectivity index (χ2v) is 25.5. The molecule has 3 saturated heterocycles. The van der Waals surface area contributed by atoms with E-state index in [9.17, 15) is 15.3 Å². The molecule has 1 atom stereocenters. The molecule has 0 spiro atoms. The number of H-pyrrole nitrogens is 1. The van der Waals surface area contributed by atoms with E-state index in [1.165, 1.54) is 38.8 Å². The van der Waals surface area contributed by atoms with Crippen LogP contribution in [0.25, 0.3) is 83.6 Å². The van der Waals surface area contributed by atoms with Crippen molar-refractivity contribution in [2.45, 2.75) is 50.2 Å². The van der Waals surface area contributed by atoms with Crippen LogP contribution in [0.3, 0.4) is 0 Å². The molecule has 0 amide bonds. The summed E-state index contributed by atoms with van der Waals surface area (Å²) in [6.07, 6.45) is 20.5. The minimum atomic E-state index is 0.0447. The van der Waals surface area contributed by atoms with Gasteiger partial charge in [-0.3, -0.25) is 5.10 Å². The number of thiazole rings is 6. The van der Waals surface area contributed by atoms with Gasteiger partial charge in [-0.15, -0.1) is 9.90 Å². The molecule has 32 heteroatoms. The fourth-order valence-electron chi connectivity index (χ4n) is 9.81. The smallest absolute Gasteiger partial charge is 0.188 e. The topological polar surface area (TPSA) is 313 Å². The largest absolute Gasteiger partial charge is 0.506 e. The van der Waals surface area contributed by atoms with E-state index >= 15 is 0 Å². The molecule has 3 aliphatic heterocycles. The average Bonchev–Trinajstić information content (AvgIpc) is 4.05. The van der Waals surface area contributed by atoms with Gasteiger partial charge in [0.15, 0.2) is 44.4 Å². The number of hydrogen-bond acceptors (Lipinski definition) is 29. The van der Waals surface area contributed by atoms with E-state index in [4.69, 9.17) is 15.0 Å². The van der Waals surface area contributed by atoms with Crippen LogP contribution in [0.2, 0.25) is 0 Å². The highest BCUT2D eigenvalue weighted by molar-refractivity contribution is 7.31. The lowest BCUT2D eigenvalue weighted by Crippen LogP contribution is -2.41. The van der Waals surface area contributed by atoms with E-state index in [0.29, 0.717) is 61.6 Å². The van der Waals surface area contributed by atoms with Crippen LogP contribution in [0.15, 0.2) is 74.0 Å². The molecule has 26 nitrogen and oxygen atoms in total. The Kier molecular flexibility index (Phi) is 15.6. The lowest BCUT2D eigenvalue weighted by atomic mass is 10.1. The van der Waals surface area contributed by atoms with Crippen molar-refractivity contribution in [2.75, 3.05) is 75.1 Å². The van der Waals surface area contributed by atoms with Crippen molar-refractivity contribution < 1.29 is 15.3 Å². The number of aromatic nitrogens is 17. The molecule has 3 aliphatic rings. The van der Waals surface area contributed by atoms with Gasteiger partial charge in [0, 0.05) is 81.5 Å². The van der Waals surface area contributed by atoms with Crippen LogP contribution in [-0.4, -0.2) is 179 Å². The SMILES string of the molecule is CN(c1nc2sc(-c3ncc(-c4cn[nH]c4)cc3O)nc2s1)C1CCNC1.CN(c1nc2sc(-c3ncc(-n4ccnn4)cc3O)nc2s1)C1CCNCC1.CN(c1nc2sc(-c3ncc(-n4nccn4)cc3O)nc2s1)C1CCNCC1. The molecule has 1 unspecified atom stereocenters. The first-order valence-electron chi connectivity index (χ1n) is 26.5. The number of nitrogens with one attached hydrogen (secondary N) is 4. The molecule has 0 radical (unpaired) electrons. The molecule has 15 rings (SSSR count). The predicted molar refractivity (Wildman–Crippen MR) is 326 cm³/mol. The highest BCUT2D eigenvalue weighted by Gasteiger charge is 2.27. The van der Waals surface area contributed by atoms with Crippen molar-refractivity contribution in [3.8, 4) is 71.9 Å².